The number of anilines is 1. The molecule has 0 aromatic heterocycles. The number of halogens is 1. The Balaban J connectivity index is 1.82. The first kappa shape index (κ1) is 17.6. The van der Waals surface area contributed by atoms with E-state index in [4.69, 9.17) is 11.6 Å². The van der Waals surface area contributed by atoms with Gasteiger partial charge in [-0.05, 0) is 43.9 Å². The molecule has 1 aromatic carbocycles. The van der Waals surface area contributed by atoms with Gasteiger partial charge in [0.05, 0.1) is 6.54 Å². The van der Waals surface area contributed by atoms with E-state index in [9.17, 15) is 4.79 Å². The highest BCUT2D eigenvalue weighted by Crippen LogP contribution is 2.28. The molecule has 0 radical (unpaired) electrons. The zero-order valence-electron chi connectivity index (χ0n) is 13.9. The summed E-state index contributed by atoms with van der Waals surface area (Å²) < 4.78 is 0. The molecule has 6 heteroatoms. The second-order valence-corrected chi connectivity index (χ2v) is 6.34. The fourth-order valence-corrected chi connectivity index (χ4v) is 2.42. The number of nitrogens with zero attached hydrogens (tertiary/aromatic N) is 1. The van der Waals surface area contributed by atoms with Gasteiger partial charge in [0.25, 0.3) is 0 Å². The van der Waals surface area contributed by atoms with Gasteiger partial charge in [-0.3, -0.25) is 9.79 Å². The van der Waals surface area contributed by atoms with Gasteiger partial charge in [-0.1, -0.05) is 24.6 Å². The maximum Gasteiger partial charge on any atom is 0.226 e. The topological polar surface area (TPSA) is 65.5 Å². The van der Waals surface area contributed by atoms with Crippen molar-refractivity contribution < 1.29 is 4.79 Å². The average Bonchev–Trinajstić information content (AvgIpc) is 3.19. The SMILES string of the molecule is CCNC(=NCCC(=O)Nc1cccc(Cl)c1C)NC1CC1C. The summed E-state index contributed by atoms with van der Waals surface area (Å²) in [5.74, 6) is 1.43. The second-order valence-electron chi connectivity index (χ2n) is 5.94. The minimum Gasteiger partial charge on any atom is -0.357 e. The summed E-state index contributed by atoms with van der Waals surface area (Å²) in [6, 6.07) is 6.00. The van der Waals surface area contributed by atoms with Gasteiger partial charge in [-0.2, -0.15) is 0 Å². The van der Waals surface area contributed by atoms with Crippen LogP contribution in [0.5, 0.6) is 0 Å². The van der Waals surface area contributed by atoms with Crippen LogP contribution >= 0.6 is 11.6 Å². The lowest BCUT2D eigenvalue weighted by Crippen LogP contribution is -2.39. The lowest BCUT2D eigenvalue weighted by atomic mass is 10.2. The molecule has 1 aliphatic rings. The number of aliphatic imine (C=N–C) groups is 1. The Morgan fingerprint density at radius 2 is 2.17 bits per heavy atom. The quantitative estimate of drug-likeness (QED) is 0.552. The molecule has 1 saturated carbocycles. The highest BCUT2D eigenvalue weighted by atomic mass is 35.5. The van der Waals surface area contributed by atoms with E-state index >= 15 is 0 Å². The van der Waals surface area contributed by atoms with Crippen LogP contribution in [0.2, 0.25) is 5.02 Å². The maximum atomic E-state index is 12.0. The molecular weight excluding hydrogens is 312 g/mol. The number of carbonyl (C=O) groups excluding carboxylic acids is 1. The van der Waals surface area contributed by atoms with Gasteiger partial charge in [0.2, 0.25) is 5.91 Å². The number of amides is 1. The molecule has 3 N–H and O–H groups in total. The van der Waals surface area contributed by atoms with Crippen LogP contribution in [-0.2, 0) is 4.79 Å². The summed E-state index contributed by atoms with van der Waals surface area (Å²) in [4.78, 5) is 16.5. The molecule has 0 bridgehead atoms. The summed E-state index contributed by atoms with van der Waals surface area (Å²) >= 11 is 6.05. The first-order chi connectivity index (χ1) is 11.0. The van der Waals surface area contributed by atoms with Crippen LogP contribution in [0.3, 0.4) is 0 Å². The third-order valence-electron chi connectivity index (χ3n) is 3.93. The van der Waals surface area contributed by atoms with Gasteiger partial charge in [-0.25, -0.2) is 0 Å². The first-order valence-corrected chi connectivity index (χ1v) is 8.48. The Hall–Kier alpha value is -1.75. The molecule has 126 valence electrons. The lowest BCUT2D eigenvalue weighted by Gasteiger charge is -2.11. The normalized spacial score (nSPS) is 20.1. The van der Waals surface area contributed by atoms with Crippen molar-refractivity contribution >= 4 is 29.2 Å². The third-order valence-corrected chi connectivity index (χ3v) is 4.34. The molecule has 1 aromatic rings. The van der Waals surface area contributed by atoms with E-state index < -0.39 is 0 Å². The van der Waals surface area contributed by atoms with Gasteiger partial charge < -0.3 is 16.0 Å². The fraction of sp³-hybridized carbons (Fsp3) is 0.529. The van der Waals surface area contributed by atoms with E-state index in [0.29, 0.717) is 29.9 Å². The molecular formula is C17H25ClN4O. The van der Waals surface area contributed by atoms with Crippen LogP contribution in [0.25, 0.3) is 0 Å². The largest absolute Gasteiger partial charge is 0.357 e. The molecule has 0 spiro atoms. The molecule has 1 fully saturated rings. The minimum atomic E-state index is -0.0604. The Labute approximate surface area is 142 Å². The third kappa shape index (κ3) is 5.43. The van der Waals surface area contributed by atoms with Crippen LogP contribution in [0.1, 0.15) is 32.3 Å². The number of hydrogen-bond acceptors (Lipinski definition) is 2. The van der Waals surface area contributed by atoms with Crippen LogP contribution in [0.4, 0.5) is 5.69 Å². The van der Waals surface area contributed by atoms with E-state index in [1.807, 2.05) is 32.0 Å². The van der Waals surface area contributed by atoms with Crippen LogP contribution in [0, 0.1) is 12.8 Å². The monoisotopic (exact) mass is 336 g/mol. The minimum absolute atomic E-state index is 0.0604. The summed E-state index contributed by atoms with van der Waals surface area (Å²) in [5.41, 5.74) is 1.63. The molecule has 2 unspecified atom stereocenters. The summed E-state index contributed by atoms with van der Waals surface area (Å²) in [6.07, 6.45) is 1.52. The standard InChI is InChI=1S/C17H25ClN4O/c1-4-19-17(22-15-10-11(15)2)20-9-8-16(23)21-14-7-5-6-13(18)12(14)3/h5-7,11,15H,4,8-10H2,1-3H3,(H,21,23)(H2,19,20,22). The van der Waals surface area contributed by atoms with Gasteiger partial charge in [0.1, 0.15) is 0 Å². The maximum absolute atomic E-state index is 12.0. The zero-order valence-corrected chi connectivity index (χ0v) is 14.7. The number of benzene rings is 1. The zero-order chi connectivity index (χ0) is 16.8. The summed E-state index contributed by atoms with van der Waals surface area (Å²) in [7, 11) is 0. The Morgan fingerprint density at radius 3 is 2.83 bits per heavy atom. The van der Waals surface area contributed by atoms with Crippen molar-refractivity contribution in [3.8, 4) is 0 Å². The second kappa shape index (κ2) is 8.20. The predicted molar refractivity (Wildman–Crippen MR) is 96.1 cm³/mol. The van der Waals surface area contributed by atoms with Crippen molar-refractivity contribution in [3.05, 3.63) is 28.8 Å². The van der Waals surface area contributed by atoms with E-state index in [1.165, 1.54) is 6.42 Å². The van der Waals surface area contributed by atoms with Crippen LogP contribution < -0.4 is 16.0 Å². The fourth-order valence-electron chi connectivity index (χ4n) is 2.24. The number of nitrogens with one attached hydrogen (secondary N) is 3. The molecule has 23 heavy (non-hydrogen) atoms. The highest BCUT2D eigenvalue weighted by Gasteiger charge is 2.33. The summed E-state index contributed by atoms with van der Waals surface area (Å²) in [5, 5.41) is 10.1. The Morgan fingerprint density at radius 1 is 1.43 bits per heavy atom. The van der Waals surface area contributed by atoms with Crippen molar-refractivity contribution in [2.24, 2.45) is 10.9 Å². The molecule has 1 aliphatic carbocycles. The Kier molecular flexibility index (Phi) is 6.28. The van der Waals surface area contributed by atoms with Crippen molar-refractivity contribution in [2.75, 3.05) is 18.4 Å². The van der Waals surface area contributed by atoms with E-state index in [-0.39, 0.29) is 5.91 Å². The van der Waals surface area contributed by atoms with Crippen molar-refractivity contribution in [3.63, 3.8) is 0 Å². The smallest absolute Gasteiger partial charge is 0.226 e. The van der Waals surface area contributed by atoms with Gasteiger partial charge in [0, 0.05) is 29.7 Å². The van der Waals surface area contributed by atoms with Gasteiger partial charge in [0.15, 0.2) is 5.96 Å². The molecule has 1 amide bonds. The van der Waals surface area contributed by atoms with E-state index in [2.05, 4.69) is 27.9 Å². The van der Waals surface area contributed by atoms with E-state index in [0.717, 1.165) is 23.8 Å². The Bertz CT molecular complexity index is 588. The van der Waals surface area contributed by atoms with Crippen molar-refractivity contribution in [2.45, 2.75) is 39.7 Å². The molecule has 0 saturated heterocycles. The lowest BCUT2D eigenvalue weighted by molar-refractivity contribution is -0.116. The number of rotatable bonds is 6. The summed E-state index contributed by atoms with van der Waals surface area (Å²) in [6.45, 7) is 7.38. The molecule has 5 nitrogen and oxygen atoms in total. The highest BCUT2D eigenvalue weighted by molar-refractivity contribution is 6.31. The van der Waals surface area contributed by atoms with Crippen molar-refractivity contribution in [1.82, 2.24) is 10.6 Å². The molecule has 0 aliphatic heterocycles. The number of hydrogen-bond donors (Lipinski definition) is 3. The first-order valence-electron chi connectivity index (χ1n) is 8.11. The van der Waals surface area contributed by atoms with Gasteiger partial charge >= 0.3 is 0 Å². The average molecular weight is 337 g/mol. The molecule has 2 rings (SSSR count). The van der Waals surface area contributed by atoms with Crippen LogP contribution in [-0.4, -0.2) is 31.0 Å². The van der Waals surface area contributed by atoms with Crippen LogP contribution in [0.15, 0.2) is 23.2 Å². The van der Waals surface area contributed by atoms with Crippen molar-refractivity contribution in [1.29, 1.82) is 0 Å². The van der Waals surface area contributed by atoms with Gasteiger partial charge in [-0.15, -0.1) is 0 Å². The number of guanidine groups is 1. The molecule has 2 atom stereocenters. The predicted octanol–water partition coefficient (Wildman–Crippen LogP) is 2.94. The molecule has 0 heterocycles. The number of carbonyl (C=O) groups is 1. The van der Waals surface area contributed by atoms with E-state index in [1.54, 1.807) is 0 Å².